The van der Waals surface area contributed by atoms with E-state index in [1.54, 1.807) is 6.92 Å². The van der Waals surface area contributed by atoms with Gasteiger partial charge in [0.1, 0.15) is 0 Å². The van der Waals surface area contributed by atoms with Crippen LogP contribution in [-0.2, 0) is 19.1 Å². The van der Waals surface area contributed by atoms with Gasteiger partial charge in [0.2, 0.25) is 0 Å². The van der Waals surface area contributed by atoms with Crippen molar-refractivity contribution in [1.82, 2.24) is 0 Å². The molecule has 1 N–H and O–H groups in total. The van der Waals surface area contributed by atoms with E-state index in [1.165, 1.54) is 52.4 Å². The van der Waals surface area contributed by atoms with Crippen LogP contribution in [-0.4, -0.2) is 35.9 Å². The maximum atomic E-state index is 12.2. The lowest BCUT2D eigenvalue weighted by molar-refractivity contribution is -0.147. The lowest BCUT2D eigenvalue weighted by Gasteiger charge is -2.33. The zero-order valence-electron chi connectivity index (χ0n) is 18.8. The molecule has 0 saturated heterocycles. The number of carbonyl (C=O) groups is 2. The monoisotopic (exact) mass is 408 g/mol. The Morgan fingerprint density at radius 2 is 1.59 bits per heavy atom. The fourth-order valence-corrected chi connectivity index (χ4v) is 3.78. The standard InChI is InChI=1S/C24H40O5/c1-7-8-9-10-19-11-13-20(14-12-19)21(15-28-22(25)17(2)3)16-29-23(26)18(4)24(5,6)27/h19-21,27H,2,4,7-16H2,1,3,5-6H3. The Kier molecular flexibility index (Phi) is 10.7. The zero-order chi connectivity index (χ0) is 22.0. The SMILES string of the molecule is C=C(C)C(=O)OCC(COC(=O)C(=C)C(C)(C)O)C1CCC(CCCCC)CC1. The fourth-order valence-electron chi connectivity index (χ4n) is 3.78. The lowest BCUT2D eigenvalue weighted by atomic mass is 9.75. The summed E-state index contributed by atoms with van der Waals surface area (Å²) in [4.78, 5) is 24.0. The highest BCUT2D eigenvalue weighted by Gasteiger charge is 2.31. The van der Waals surface area contributed by atoms with Crippen molar-refractivity contribution >= 4 is 11.9 Å². The third kappa shape index (κ3) is 9.16. The highest BCUT2D eigenvalue weighted by atomic mass is 16.5. The van der Waals surface area contributed by atoms with E-state index in [-0.39, 0.29) is 24.7 Å². The van der Waals surface area contributed by atoms with E-state index in [2.05, 4.69) is 20.1 Å². The second-order valence-corrected chi connectivity index (χ2v) is 9.05. The first-order chi connectivity index (χ1) is 13.6. The molecule has 5 nitrogen and oxygen atoms in total. The minimum absolute atomic E-state index is 0.0230. The van der Waals surface area contributed by atoms with Crippen LogP contribution in [0, 0.1) is 17.8 Å². The molecule has 0 aromatic heterocycles. The van der Waals surface area contributed by atoms with Crippen LogP contribution < -0.4 is 0 Å². The Morgan fingerprint density at radius 3 is 2.07 bits per heavy atom. The molecule has 1 aliphatic rings. The lowest BCUT2D eigenvalue weighted by Crippen LogP contribution is -2.33. The fraction of sp³-hybridized carbons (Fsp3) is 0.750. The third-order valence-corrected chi connectivity index (χ3v) is 5.96. The molecule has 166 valence electrons. The Labute approximate surface area is 176 Å². The third-order valence-electron chi connectivity index (χ3n) is 5.96. The van der Waals surface area contributed by atoms with E-state index in [0.717, 1.165) is 18.8 Å². The van der Waals surface area contributed by atoms with Gasteiger partial charge in [-0.15, -0.1) is 0 Å². The first kappa shape index (κ1) is 25.4. The van der Waals surface area contributed by atoms with Crippen molar-refractivity contribution in [2.24, 2.45) is 17.8 Å². The molecule has 5 heteroatoms. The molecular formula is C24H40O5. The van der Waals surface area contributed by atoms with Crippen molar-refractivity contribution in [1.29, 1.82) is 0 Å². The Bertz CT molecular complexity index is 564. The van der Waals surface area contributed by atoms with E-state index in [1.807, 2.05) is 0 Å². The van der Waals surface area contributed by atoms with Crippen LogP contribution in [0.15, 0.2) is 24.3 Å². The maximum Gasteiger partial charge on any atom is 0.336 e. The normalized spacial score (nSPS) is 20.6. The van der Waals surface area contributed by atoms with Gasteiger partial charge in [-0.25, -0.2) is 9.59 Å². The molecule has 0 amide bonds. The first-order valence-corrected chi connectivity index (χ1v) is 11.0. The van der Waals surface area contributed by atoms with Crippen molar-refractivity contribution < 1.29 is 24.2 Å². The zero-order valence-corrected chi connectivity index (χ0v) is 18.8. The number of hydrogen-bond acceptors (Lipinski definition) is 5. The molecule has 1 atom stereocenters. The van der Waals surface area contributed by atoms with Gasteiger partial charge in [-0.05, 0) is 45.4 Å². The molecule has 1 fully saturated rings. The summed E-state index contributed by atoms with van der Waals surface area (Å²) in [5.41, 5.74) is -0.944. The van der Waals surface area contributed by atoms with Gasteiger partial charge in [-0.2, -0.15) is 0 Å². The molecule has 29 heavy (non-hydrogen) atoms. The average Bonchev–Trinajstić information content (AvgIpc) is 2.67. The molecule has 0 heterocycles. The summed E-state index contributed by atoms with van der Waals surface area (Å²) in [6, 6.07) is 0. The number of rotatable bonds is 12. The Balaban J connectivity index is 2.64. The van der Waals surface area contributed by atoms with Gasteiger partial charge in [-0.1, -0.05) is 58.6 Å². The van der Waals surface area contributed by atoms with E-state index in [9.17, 15) is 14.7 Å². The summed E-state index contributed by atoms with van der Waals surface area (Å²) in [6.07, 6.45) is 9.56. The molecule has 1 rings (SSSR count). The summed E-state index contributed by atoms with van der Waals surface area (Å²) in [7, 11) is 0. The van der Waals surface area contributed by atoms with Crippen molar-refractivity contribution in [2.75, 3.05) is 13.2 Å². The highest BCUT2D eigenvalue weighted by Crippen LogP contribution is 2.36. The van der Waals surface area contributed by atoms with E-state index in [4.69, 9.17) is 9.47 Å². The summed E-state index contributed by atoms with van der Waals surface area (Å²) >= 11 is 0. The molecule has 0 bridgehead atoms. The van der Waals surface area contributed by atoms with Gasteiger partial charge < -0.3 is 14.6 Å². The molecule has 0 aliphatic heterocycles. The predicted molar refractivity (Wildman–Crippen MR) is 115 cm³/mol. The van der Waals surface area contributed by atoms with Crippen molar-refractivity contribution in [3.05, 3.63) is 24.3 Å². The largest absolute Gasteiger partial charge is 0.462 e. The van der Waals surface area contributed by atoms with Crippen LogP contribution in [0.25, 0.3) is 0 Å². The van der Waals surface area contributed by atoms with Gasteiger partial charge in [-0.3, -0.25) is 0 Å². The van der Waals surface area contributed by atoms with E-state index in [0.29, 0.717) is 11.5 Å². The second-order valence-electron chi connectivity index (χ2n) is 9.05. The molecule has 1 aliphatic carbocycles. The quantitative estimate of drug-likeness (QED) is 0.280. The minimum atomic E-state index is -1.32. The van der Waals surface area contributed by atoms with Gasteiger partial charge in [0.05, 0.1) is 24.4 Å². The number of unbranched alkanes of at least 4 members (excludes halogenated alkanes) is 2. The number of esters is 2. The van der Waals surface area contributed by atoms with Gasteiger partial charge in [0.15, 0.2) is 0 Å². The molecule has 0 aromatic rings. The molecule has 0 radical (unpaired) electrons. The maximum absolute atomic E-state index is 12.2. The number of aliphatic hydroxyl groups is 1. The van der Waals surface area contributed by atoms with Crippen LogP contribution in [0.2, 0.25) is 0 Å². The summed E-state index contributed by atoms with van der Waals surface area (Å²) in [6.45, 7) is 14.5. The molecular weight excluding hydrogens is 368 g/mol. The van der Waals surface area contributed by atoms with Gasteiger partial charge >= 0.3 is 11.9 Å². The predicted octanol–water partition coefficient (Wildman–Crippen LogP) is 4.98. The average molecular weight is 409 g/mol. The number of ether oxygens (including phenoxy) is 2. The van der Waals surface area contributed by atoms with Crippen LogP contribution in [0.1, 0.15) is 79.1 Å². The molecule has 1 unspecified atom stereocenters. The number of hydrogen-bond donors (Lipinski definition) is 1. The smallest absolute Gasteiger partial charge is 0.336 e. The second kappa shape index (κ2) is 12.2. The van der Waals surface area contributed by atoms with E-state index >= 15 is 0 Å². The van der Waals surface area contributed by atoms with E-state index < -0.39 is 17.5 Å². The molecule has 0 spiro atoms. The van der Waals surface area contributed by atoms with Crippen LogP contribution in [0.5, 0.6) is 0 Å². The van der Waals surface area contributed by atoms with Crippen LogP contribution >= 0.6 is 0 Å². The first-order valence-electron chi connectivity index (χ1n) is 11.0. The van der Waals surface area contributed by atoms with Gasteiger partial charge in [0.25, 0.3) is 0 Å². The van der Waals surface area contributed by atoms with Gasteiger partial charge in [0, 0.05) is 11.5 Å². The molecule has 1 saturated carbocycles. The Hall–Kier alpha value is -1.62. The summed E-state index contributed by atoms with van der Waals surface area (Å²) in [5, 5.41) is 9.95. The Morgan fingerprint density at radius 1 is 1.03 bits per heavy atom. The van der Waals surface area contributed by atoms with Crippen LogP contribution in [0.4, 0.5) is 0 Å². The molecule has 0 aromatic carbocycles. The van der Waals surface area contributed by atoms with Crippen molar-refractivity contribution in [3.8, 4) is 0 Å². The summed E-state index contributed by atoms with van der Waals surface area (Å²) < 4.78 is 10.8. The topological polar surface area (TPSA) is 72.8 Å². The van der Waals surface area contributed by atoms with Crippen molar-refractivity contribution in [3.63, 3.8) is 0 Å². The number of carbonyl (C=O) groups excluding carboxylic acids is 2. The summed E-state index contributed by atoms with van der Waals surface area (Å²) in [5.74, 6) is 0.0263. The van der Waals surface area contributed by atoms with Crippen molar-refractivity contribution in [2.45, 2.75) is 84.7 Å². The highest BCUT2D eigenvalue weighted by molar-refractivity contribution is 5.89. The minimum Gasteiger partial charge on any atom is -0.462 e. The van der Waals surface area contributed by atoms with Crippen LogP contribution in [0.3, 0.4) is 0 Å².